The topological polar surface area (TPSA) is 114 Å². The van der Waals surface area contributed by atoms with Gasteiger partial charge in [0, 0.05) is 36.1 Å². The van der Waals surface area contributed by atoms with Gasteiger partial charge in [-0.25, -0.2) is 9.78 Å². The Kier molecular flexibility index (Phi) is 10.0. The number of hydrogen-bond donors (Lipinski definition) is 2. The van der Waals surface area contributed by atoms with E-state index in [0.29, 0.717) is 56.7 Å². The summed E-state index contributed by atoms with van der Waals surface area (Å²) < 4.78 is 13.3. The van der Waals surface area contributed by atoms with Crippen molar-refractivity contribution in [3.05, 3.63) is 84.2 Å². The number of aromatic amines is 1. The number of methoxy groups -OCH3 is 1. The van der Waals surface area contributed by atoms with Crippen molar-refractivity contribution in [1.82, 2.24) is 25.1 Å². The van der Waals surface area contributed by atoms with Crippen LogP contribution >= 0.6 is 0 Å². The Hall–Kier alpha value is -4.60. The Morgan fingerprint density at radius 2 is 1.78 bits per heavy atom. The number of nitrogens with zero attached hydrogens (tertiary/aromatic N) is 4. The average Bonchev–Trinajstić information content (AvgIpc) is 3.61. The SMILES string of the molecule is COc1ccc(C2CCC(CN(C(=O)C3CCC(OC(=O)NCc4cnc[nH]4)CC3)c3cccc(-c4cnn(C5CC5)c4)c3)CC2)cc1C. The monoisotopic (exact) mass is 664 g/mol. The second-order valence-electron chi connectivity index (χ2n) is 14.2. The number of benzene rings is 2. The Balaban J connectivity index is 1.02. The van der Waals surface area contributed by atoms with Gasteiger partial charge in [0.25, 0.3) is 0 Å². The number of aromatic nitrogens is 4. The Morgan fingerprint density at radius 3 is 2.49 bits per heavy atom. The number of carbonyl (C=O) groups is 2. The maximum atomic E-state index is 14.4. The number of rotatable bonds is 11. The number of H-pyrrole nitrogens is 1. The zero-order chi connectivity index (χ0) is 33.7. The molecule has 3 saturated carbocycles. The van der Waals surface area contributed by atoms with Gasteiger partial charge in [-0.05, 0) is 118 Å². The fourth-order valence-corrected chi connectivity index (χ4v) is 7.68. The highest BCUT2D eigenvalue weighted by Crippen LogP contribution is 2.40. The first-order valence-corrected chi connectivity index (χ1v) is 18.0. The molecule has 3 aliphatic carbocycles. The van der Waals surface area contributed by atoms with E-state index in [4.69, 9.17) is 9.47 Å². The summed E-state index contributed by atoms with van der Waals surface area (Å²) in [5.74, 6) is 1.97. The van der Waals surface area contributed by atoms with Gasteiger partial charge in [-0.2, -0.15) is 5.10 Å². The number of nitrogens with one attached hydrogen (secondary N) is 2. The molecule has 3 aliphatic rings. The smallest absolute Gasteiger partial charge is 0.407 e. The van der Waals surface area contributed by atoms with Crippen molar-refractivity contribution in [2.75, 3.05) is 18.6 Å². The molecule has 3 fully saturated rings. The second-order valence-corrected chi connectivity index (χ2v) is 14.2. The number of alkyl carbamates (subject to hydrolysis) is 1. The molecule has 10 heteroatoms. The van der Waals surface area contributed by atoms with Crippen LogP contribution in [0.1, 0.15) is 93.0 Å². The molecule has 0 spiro atoms. The molecule has 0 aliphatic heterocycles. The van der Waals surface area contributed by atoms with Crippen molar-refractivity contribution in [2.45, 2.75) is 95.7 Å². The third kappa shape index (κ3) is 8.00. The Labute approximate surface area is 288 Å². The molecule has 0 atom stereocenters. The molecule has 258 valence electrons. The summed E-state index contributed by atoms with van der Waals surface area (Å²) in [6.45, 7) is 3.16. The zero-order valence-corrected chi connectivity index (χ0v) is 28.6. The molecule has 49 heavy (non-hydrogen) atoms. The van der Waals surface area contributed by atoms with Crippen LogP contribution < -0.4 is 15.0 Å². The van der Waals surface area contributed by atoms with Crippen LogP contribution in [0.5, 0.6) is 5.75 Å². The summed E-state index contributed by atoms with van der Waals surface area (Å²) in [6.07, 6.45) is 16.2. The number of hydrogen-bond acceptors (Lipinski definition) is 6. The predicted octanol–water partition coefficient (Wildman–Crippen LogP) is 7.72. The number of anilines is 1. The fraction of sp³-hybridized carbons (Fsp3) is 0.487. The lowest BCUT2D eigenvalue weighted by Crippen LogP contribution is -2.42. The summed E-state index contributed by atoms with van der Waals surface area (Å²) in [6, 6.07) is 15.5. The van der Waals surface area contributed by atoms with E-state index < -0.39 is 6.09 Å². The van der Waals surface area contributed by atoms with Crippen LogP contribution in [0.25, 0.3) is 11.1 Å². The molecule has 0 radical (unpaired) electrons. The summed E-state index contributed by atoms with van der Waals surface area (Å²) in [5, 5.41) is 7.40. The molecule has 0 saturated heterocycles. The first-order valence-electron chi connectivity index (χ1n) is 18.0. The minimum absolute atomic E-state index is 0.104. The van der Waals surface area contributed by atoms with Crippen LogP contribution in [-0.2, 0) is 16.1 Å². The molecule has 2 N–H and O–H groups in total. The maximum absolute atomic E-state index is 14.4. The standard InChI is InChI=1S/C39H48N6O4/c1-26-18-31(12-17-37(26)48-2)28-8-6-27(7-9-28)23-44(35-5-3-4-30(19-35)32-20-43-45(24-32)34-13-14-34)38(46)29-10-15-36(16-11-29)49-39(47)41-22-33-21-40-25-42-33/h3-5,12,17-21,24-25,27-29,34,36H,6-11,13-16,22-23H2,1-2H3,(H,40,42)(H,41,47). The first kappa shape index (κ1) is 32.9. The maximum Gasteiger partial charge on any atom is 0.407 e. The number of imidazole rings is 1. The van der Waals surface area contributed by atoms with E-state index in [1.807, 2.05) is 6.20 Å². The molecule has 2 amide bonds. The normalized spacial score (nSPS) is 22.3. The van der Waals surface area contributed by atoms with Gasteiger partial charge in [0.2, 0.25) is 5.91 Å². The quantitative estimate of drug-likeness (QED) is 0.170. The van der Waals surface area contributed by atoms with Gasteiger partial charge in [-0.1, -0.05) is 24.3 Å². The lowest BCUT2D eigenvalue weighted by molar-refractivity contribution is -0.124. The van der Waals surface area contributed by atoms with Crippen LogP contribution in [0, 0.1) is 18.8 Å². The van der Waals surface area contributed by atoms with Gasteiger partial charge in [-0.15, -0.1) is 0 Å². The molecular formula is C39H48N6O4. The van der Waals surface area contributed by atoms with Gasteiger partial charge < -0.3 is 24.7 Å². The summed E-state index contributed by atoms with van der Waals surface area (Å²) in [4.78, 5) is 35.9. The highest BCUT2D eigenvalue weighted by atomic mass is 16.6. The van der Waals surface area contributed by atoms with E-state index in [1.54, 1.807) is 19.6 Å². The van der Waals surface area contributed by atoms with Crippen LogP contribution in [0.2, 0.25) is 0 Å². The highest BCUT2D eigenvalue weighted by molar-refractivity contribution is 5.95. The van der Waals surface area contributed by atoms with Crippen molar-refractivity contribution >= 4 is 17.7 Å². The largest absolute Gasteiger partial charge is 0.496 e. The third-order valence-corrected chi connectivity index (χ3v) is 10.7. The van der Waals surface area contributed by atoms with Crippen LogP contribution in [0.3, 0.4) is 0 Å². The summed E-state index contributed by atoms with van der Waals surface area (Å²) in [7, 11) is 1.72. The van der Waals surface area contributed by atoms with Gasteiger partial charge >= 0.3 is 6.09 Å². The number of aryl methyl sites for hydroxylation is 1. The van der Waals surface area contributed by atoms with Gasteiger partial charge in [-0.3, -0.25) is 9.48 Å². The third-order valence-electron chi connectivity index (χ3n) is 10.7. The summed E-state index contributed by atoms with van der Waals surface area (Å²) in [5.41, 5.74) is 6.50. The minimum Gasteiger partial charge on any atom is -0.496 e. The van der Waals surface area contributed by atoms with E-state index >= 15 is 0 Å². The van der Waals surface area contributed by atoms with Crippen LogP contribution in [-0.4, -0.2) is 51.5 Å². The van der Waals surface area contributed by atoms with Crippen LogP contribution in [0.4, 0.5) is 10.5 Å². The van der Waals surface area contributed by atoms with Crippen LogP contribution in [0.15, 0.2) is 67.4 Å². The van der Waals surface area contributed by atoms with E-state index in [0.717, 1.165) is 53.9 Å². The molecule has 2 aromatic carbocycles. The van der Waals surface area contributed by atoms with Crippen molar-refractivity contribution in [3.63, 3.8) is 0 Å². The lowest BCUT2D eigenvalue weighted by atomic mass is 9.78. The van der Waals surface area contributed by atoms with Crippen molar-refractivity contribution in [1.29, 1.82) is 0 Å². The minimum atomic E-state index is -0.437. The molecule has 0 bridgehead atoms. The zero-order valence-electron chi connectivity index (χ0n) is 28.6. The van der Waals surface area contributed by atoms with E-state index in [-0.39, 0.29) is 17.9 Å². The predicted molar refractivity (Wildman–Crippen MR) is 188 cm³/mol. The van der Waals surface area contributed by atoms with Gasteiger partial charge in [0.1, 0.15) is 11.9 Å². The van der Waals surface area contributed by atoms with Gasteiger partial charge in [0.15, 0.2) is 0 Å². The molecule has 2 aromatic heterocycles. The lowest BCUT2D eigenvalue weighted by Gasteiger charge is -2.36. The van der Waals surface area contributed by atoms with Gasteiger partial charge in [0.05, 0.1) is 37.9 Å². The Bertz CT molecular complexity index is 1710. The number of carbonyl (C=O) groups excluding carboxylic acids is 2. The van der Waals surface area contributed by atoms with Crippen molar-refractivity contribution in [3.8, 4) is 16.9 Å². The van der Waals surface area contributed by atoms with E-state index in [1.165, 1.54) is 24.0 Å². The molecule has 0 unspecified atom stereocenters. The van der Waals surface area contributed by atoms with Crippen molar-refractivity contribution in [2.24, 2.45) is 11.8 Å². The second kappa shape index (κ2) is 14.9. The van der Waals surface area contributed by atoms with E-state index in [9.17, 15) is 9.59 Å². The summed E-state index contributed by atoms with van der Waals surface area (Å²) >= 11 is 0. The highest BCUT2D eigenvalue weighted by Gasteiger charge is 2.34. The number of amides is 2. The molecular weight excluding hydrogens is 616 g/mol. The van der Waals surface area contributed by atoms with Crippen molar-refractivity contribution < 1.29 is 19.1 Å². The number of ether oxygens (including phenoxy) is 2. The Morgan fingerprint density at radius 1 is 0.959 bits per heavy atom. The molecule has 7 rings (SSSR count). The first-order chi connectivity index (χ1) is 23.9. The fourth-order valence-electron chi connectivity index (χ4n) is 7.68. The van der Waals surface area contributed by atoms with E-state index in [2.05, 4.69) is 85.6 Å². The molecule has 4 aromatic rings. The molecule has 2 heterocycles. The molecule has 10 nitrogen and oxygen atoms in total. The average molecular weight is 665 g/mol.